The molecule has 4 heterocycles. The fourth-order valence-corrected chi connectivity index (χ4v) is 2.73. The van der Waals surface area contributed by atoms with Crippen molar-refractivity contribution in [1.29, 1.82) is 0 Å². The van der Waals surface area contributed by atoms with Gasteiger partial charge in [-0.1, -0.05) is 11.3 Å². The van der Waals surface area contributed by atoms with Crippen LogP contribution in [0.1, 0.15) is 22.1 Å². The number of aromatic nitrogens is 5. The number of amides is 1. The molecule has 0 unspecified atom stereocenters. The largest absolute Gasteiger partial charge is 0.454 e. The molecule has 1 N–H and O–H groups in total. The van der Waals surface area contributed by atoms with Crippen LogP contribution in [0.3, 0.4) is 0 Å². The molecule has 0 bridgehead atoms. The van der Waals surface area contributed by atoms with E-state index in [1.165, 1.54) is 0 Å². The molecule has 0 saturated heterocycles. The third-order valence-electron chi connectivity index (χ3n) is 3.94. The van der Waals surface area contributed by atoms with Crippen LogP contribution >= 0.6 is 0 Å². The van der Waals surface area contributed by atoms with E-state index >= 15 is 0 Å². The van der Waals surface area contributed by atoms with E-state index in [2.05, 4.69) is 20.6 Å². The lowest BCUT2D eigenvalue weighted by molar-refractivity contribution is 0.0933. The smallest absolute Gasteiger partial charge is 0.286 e. The van der Waals surface area contributed by atoms with Crippen LogP contribution in [0.4, 0.5) is 0 Å². The zero-order valence-electron chi connectivity index (χ0n) is 13.8. The van der Waals surface area contributed by atoms with E-state index in [1.807, 2.05) is 41.9 Å². The predicted octanol–water partition coefficient (Wildman–Crippen LogP) is 1.90. The van der Waals surface area contributed by atoms with E-state index in [0.29, 0.717) is 18.0 Å². The quantitative estimate of drug-likeness (QED) is 0.615. The third kappa shape index (κ3) is 2.67. The summed E-state index contributed by atoms with van der Waals surface area (Å²) in [4.78, 5) is 16.1. The van der Waals surface area contributed by atoms with Gasteiger partial charge in [0, 0.05) is 13.2 Å². The van der Waals surface area contributed by atoms with Gasteiger partial charge in [-0.25, -0.2) is 9.67 Å². The molecule has 0 aliphatic rings. The summed E-state index contributed by atoms with van der Waals surface area (Å²) >= 11 is 0. The SMILES string of the molecule is CNC(=O)c1ccc(Cn2cc(-c3nc(C)n4ccccc34)nn2)o1. The van der Waals surface area contributed by atoms with Gasteiger partial charge in [0.1, 0.15) is 29.5 Å². The first-order valence-corrected chi connectivity index (χ1v) is 7.80. The molecular weight excluding hydrogens is 320 g/mol. The first-order valence-electron chi connectivity index (χ1n) is 7.80. The van der Waals surface area contributed by atoms with Gasteiger partial charge < -0.3 is 14.1 Å². The average Bonchev–Trinajstić information content (AvgIpc) is 3.35. The zero-order valence-corrected chi connectivity index (χ0v) is 13.8. The maximum atomic E-state index is 11.5. The highest BCUT2D eigenvalue weighted by Gasteiger charge is 2.14. The molecule has 0 aliphatic carbocycles. The summed E-state index contributed by atoms with van der Waals surface area (Å²) < 4.78 is 9.18. The first-order chi connectivity index (χ1) is 12.2. The topological polar surface area (TPSA) is 90.2 Å². The van der Waals surface area contributed by atoms with Crippen molar-refractivity contribution in [3.63, 3.8) is 0 Å². The second-order valence-corrected chi connectivity index (χ2v) is 5.61. The monoisotopic (exact) mass is 336 g/mol. The molecule has 1 amide bonds. The first kappa shape index (κ1) is 15.1. The van der Waals surface area contributed by atoms with Crippen molar-refractivity contribution in [3.8, 4) is 11.4 Å². The summed E-state index contributed by atoms with van der Waals surface area (Å²) in [6.07, 6.45) is 3.78. The highest BCUT2D eigenvalue weighted by atomic mass is 16.4. The number of hydrogen-bond acceptors (Lipinski definition) is 5. The molecule has 8 heteroatoms. The Morgan fingerprint density at radius 2 is 2.16 bits per heavy atom. The highest BCUT2D eigenvalue weighted by molar-refractivity contribution is 5.91. The van der Waals surface area contributed by atoms with Gasteiger partial charge in [0.15, 0.2) is 5.76 Å². The Kier molecular flexibility index (Phi) is 3.57. The maximum Gasteiger partial charge on any atom is 0.286 e. The zero-order chi connectivity index (χ0) is 17.4. The number of furan rings is 1. The van der Waals surface area contributed by atoms with Crippen LogP contribution in [0.5, 0.6) is 0 Å². The summed E-state index contributed by atoms with van der Waals surface area (Å²) in [6.45, 7) is 2.33. The van der Waals surface area contributed by atoms with Crippen LogP contribution in [-0.2, 0) is 6.54 Å². The summed E-state index contributed by atoms with van der Waals surface area (Å²) in [5, 5.41) is 10.9. The molecule has 0 radical (unpaired) electrons. The Balaban J connectivity index is 1.62. The Labute approximate surface area is 143 Å². The Morgan fingerprint density at radius 1 is 1.28 bits per heavy atom. The van der Waals surface area contributed by atoms with E-state index < -0.39 is 0 Å². The molecule has 0 aromatic carbocycles. The van der Waals surface area contributed by atoms with Crippen molar-refractivity contribution >= 4 is 11.4 Å². The molecule has 126 valence electrons. The lowest BCUT2D eigenvalue weighted by atomic mass is 10.3. The summed E-state index contributed by atoms with van der Waals surface area (Å²) in [7, 11) is 1.56. The van der Waals surface area contributed by atoms with Gasteiger partial charge in [0.25, 0.3) is 5.91 Å². The van der Waals surface area contributed by atoms with Crippen LogP contribution in [0.2, 0.25) is 0 Å². The minimum atomic E-state index is -0.259. The molecule has 4 aromatic rings. The molecule has 0 atom stereocenters. The average molecular weight is 336 g/mol. The maximum absolute atomic E-state index is 11.5. The van der Waals surface area contributed by atoms with Crippen molar-refractivity contribution in [3.05, 3.63) is 60.1 Å². The van der Waals surface area contributed by atoms with Gasteiger partial charge in [0.2, 0.25) is 0 Å². The molecule has 4 rings (SSSR count). The van der Waals surface area contributed by atoms with Gasteiger partial charge in [-0.3, -0.25) is 4.79 Å². The summed E-state index contributed by atoms with van der Waals surface area (Å²) in [5.41, 5.74) is 2.46. The van der Waals surface area contributed by atoms with Gasteiger partial charge in [-0.05, 0) is 31.2 Å². The standard InChI is InChI=1S/C17H16N6O2/c1-11-19-16(14-5-3-4-8-23(11)14)13-10-22(21-20-13)9-12-6-7-15(25-12)17(24)18-2/h3-8,10H,9H2,1-2H3,(H,18,24). The minimum Gasteiger partial charge on any atom is -0.454 e. The molecule has 0 spiro atoms. The Bertz CT molecular complexity index is 1060. The molecule has 0 fully saturated rings. The van der Waals surface area contributed by atoms with E-state index in [1.54, 1.807) is 23.9 Å². The van der Waals surface area contributed by atoms with E-state index in [4.69, 9.17) is 4.42 Å². The van der Waals surface area contributed by atoms with E-state index in [9.17, 15) is 4.79 Å². The van der Waals surface area contributed by atoms with Gasteiger partial charge in [-0.2, -0.15) is 0 Å². The second-order valence-electron chi connectivity index (χ2n) is 5.61. The molecule has 8 nitrogen and oxygen atoms in total. The Hall–Kier alpha value is -3.42. The number of carbonyl (C=O) groups is 1. The number of nitrogens with one attached hydrogen (secondary N) is 1. The molecular formula is C17H16N6O2. The van der Waals surface area contributed by atoms with Crippen molar-refractivity contribution in [2.24, 2.45) is 0 Å². The number of fused-ring (bicyclic) bond motifs is 1. The van der Waals surface area contributed by atoms with Crippen molar-refractivity contribution in [1.82, 2.24) is 29.7 Å². The van der Waals surface area contributed by atoms with Crippen molar-refractivity contribution in [2.75, 3.05) is 7.05 Å². The number of rotatable bonds is 4. The van der Waals surface area contributed by atoms with Crippen molar-refractivity contribution in [2.45, 2.75) is 13.5 Å². The minimum absolute atomic E-state index is 0.259. The summed E-state index contributed by atoms with van der Waals surface area (Å²) in [5.74, 6) is 1.53. The molecule has 25 heavy (non-hydrogen) atoms. The fourth-order valence-electron chi connectivity index (χ4n) is 2.73. The van der Waals surface area contributed by atoms with Crippen LogP contribution < -0.4 is 5.32 Å². The van der Waals surface area contributed by atoms with Gasteiger partial charge in [-0.15, -0.1) is 5.10 Å². The third-order valence-corrected chi connectivity index (χ3v) is 3.94. The summed E-state index contributed by atoms with van der Waals surface area (Å²) in [6, 6.07) is 9.31. The van der Waals surface area contributed by atoms with Crippen molar-refractivity contribution < 1.29 is 9.21 Å². The van der Waals surface area contributed by atoms with Gasteiger partial charge >= 0.3 is 0 Å². The van der Waals surface area contributed by atoms with E-state index in [0.717, 1.165) is 17.0 Å². The lowest BCUT2D eigenvalue weighted by Gasteiger charge is -1.97. The number of nitrogens with zero attached hydrogens (tertiary/aromatic N) is 5. The fraction of sp³-hybridized carbons (Fsp3) is 0.176. The normalized spacial score (nSPS) is 11.1. The highest BCUT2D eigenvalue weighted by Crippen LogP contribution is 2.22. The number of imidazole rings is 1. The van der Waals surface area contributed by atoms with Crippen LogP contribution in [0.15, 0.2) is 47.1 Å². The number of carbonyl (C=O) groups excluding carboxylic acids is 1. The van der Waals surface area contributed by atoms with E-state index in [-0.39, 0.29) is 11.7 Å². The van der Waals surface area contributed by atoms with Gasteiger partial charge in [0.05, 0.1) is 11.7 Å². The number of aryl methyl sites for hydroxylation is 1. The van der Waals surface area contributed by atoms with Crippen LogP contribution in [0.25, 0.3) is 16.9 Å². The molecule has 0 saturated carbocycles. The second kappa shape index (κ2) is 5.90. The number of hydrogen-bond donors (Lipinski definition) is 1. The Morgan fingerprint density at radius 3 is 3.00 bits per heavy atom. The molecule has 4 aromatic heterocycles. The van der Waals surface area contributed by atoms with Crippen LogP contribution in [-0.4, -0.2) is 37.3 Å². The molecule has 0 aliphatic heterocycles. The van der Waals surface area contributed by atoms with Crippen LogP contribution in [0, 0.1) is 6.92 Å². The predicted molar refractivity (Wildman–Crippen MR) is 90.1 cm³/mol. The lowest BCUT2D eigenvalue weighted by Crippen LogP contribution is -2.16. The number of pyridine rings is 1.